The number of likely N-dealkylation sites (N-methyl/N-ethyl adjacent to an activating group) is 1. The first kappa shape index (κ1) is 16.5. The largest absolute Gasteiger partial charge is 0.480 e. The summed E-state index contributed by atoms with van der Waals surface area (Å²) < 4.78 is 6.36. The first-order chi connectivity index (χ1) is 9.35. The number of carboxylic acids is 1. The van der Waals surface area contributed by atoms with Crippen molar-refractivity contribution >= 4 is 27.8 Å². The van der Waals surface area contributed by atoms with Crippen molar-refractivity contribution in [3.8, 4) is 5.75 Å². The van der Waals surface area contributed by atoms with Crippen LogP contribution in [0.25, 0.3) is 0 Å². The van der Waals surface area contributed by atoms with E-state index < -0.39 is 12.1 Å². The van der Waals surface area contributed by atoms with Crippen LogP contribution in [0.3, 0.4) is 0 Å². The lowest BCUT2D eigenvalue weighted by Crippen LogP contribution is -2.43. The van der Waals surface area contributed by atoms with Gasteiger partial charge in [-0.05, 0) is 54.4 Å². The summed E-state index contributed by atoms with van der Waals surface area (Å²) in [5.74, 6) is -0.825. The lowest BCUT2D eigenvalue weighted by Gasteiger charge is -2.23. The van der Waals surface area contributed by atoms with Crippen molar-refractivity contribution in [1.82, 2.24) is 4.90 Å². The number of benzene rings is 1. The average molecular weight is 344 g/mol. The fourth-order valence-corrected chi connectivity index (χ4v) is 2.29. The highest BCUT2D eigenvalue weighted by Gasteiger charge is 2.23. The molecule has 1 unspecified atom stereocenters. The van der Waals surface area contributed by atoms with Gasteiger partial charge in [-0.25, -0.2) is 0 Å². The molecule has 5 nitrogen and oxygen atoms in total. The number of amides is 1. The van der Waals surface area contributed by atoms with E-state index in [9.17, 15) is 9.59 Å². The molecule has 0 heterocycles. The molecule has 1 amide bonds. The van der Waals surface area contributed by atoms with E-state index in [1.807, 2.05) is 19.1 Å². The van der Waals surface area contributed by atoms with E-state index >= 15 is 0 Å². The Kier molecular flexibility index (Phi) is 6.01. The Labute approximate surface area is 126 Å². The number of hydrogen-bond acceptors (Lipinski definition) is 3. The minimum atomic E-state index is -1.04. The summed E-state index contributed by atoms with van der Waals surface area (Å²) in [5, 5.41) is 8.77. The van der Waals surface area contributed by atoms with Gasteiger partial charge in [0.1, 0.15) is 12.3 Å². The lowest BCUT2D eigenvalue weighted by atomic mass is 10.2. The maximum atomic E-state index is 12.1. The minimum Gasteiger partial charge on any atom is -0.480 e. The predicted octanol–water partition coefficient (Wildman–Crippen LogP) is 2.46. The van der Waals surface area contributed by atoms with E-state index in [1.165, 1.54) is 4.90 Å². The van der Waals surface area contributed by atoms with Gasteiger partial charge in [-0.2, -0.15) is 0 Å². The van der Waals surface area contributed by atoms with Crippen LogP contribution in [0.15, 0.2) is 22.7 Å². The number of hydrogen-bond donors (Lipinski definition) is 1. The molecule has 0 saturated carbocycles. The zero-order valence-electron chi connectivity index (χ0n) is 11.7. The molecule has 0 saturated heterocycles. The minimum absolute atomic E-state index is 0.321. The molecule has 1 rings (SSSR count). The van der Waals surface area contributed by atoms with Crippen LogP contribution in [0.5, 0.6) is 5.75 Å². The van der Waals surface area contributed by atoms with Crippen LogP contribution >= 0.6 is 15.9 Å². The molecule has 1 aromatic carbocycles. The Morgan fingerprint density at radius 2 is 2.10 bits per heavy atom. The van der Waals surface area contributed by atoms with E-state index in [4.69, 9.17) is 9.84 Å². The topological polar surface area (TPSA) is 66.8 Å². The van der Waals surface area contributed by atoms with Gasteiger partial charge in [0.2, 0.25) is 0 Å². The Morgan fingerprint density at radius 1 is 1.45 bits per heavy atom. The smallest absolute Gasteiger partial charge is 0.323 e. The summed E-state index contributed by atoms with van der Waals surface area (Å²) in [7, 11) is 0. The molecule has 1 atom stereocenters. The van der Waals surface area contributed by atoms with Crippen LogP contribution in [0.1, 0.15) is 19.4 Å². The van der Waals surface area contributed by atoms with Crippen molar-refractivity contribution in [1.29, 1.82) is 0 Å². The van der Waals surface area contributed by atoms with E-state index in [0.717, 1.165) is 10.0 Å². The van der Waals surface area contributed by atoms with Gasteiger partial charge in [0.05, 0.1) is 4.47 Å². The normalized spacial score (nSPS) is 11.8. The molecule has 0 bridgehead atoms. The number of carbonyl (C=O) groups excluding carboxylic acids is 1. The van der Waals surface area contributed by atoms with Crippen molar-refractivity contribution in [2.75, 3.05) is 13.1 Å². The highest BCUT2D eigenvalue weighted by atomic mass is 79.9. The van der Waals surface area contributed by atoms with Crippen molar-refractivity contribution in [2.45, 2.75) is 26.9 Å². The zero-order valence-corrected chi connectivity index (χ0v) is 13.3. The fourth-order valence-electron chi connectivity index (χ4n) is 1.71. The van der Waals surface area contributed by atoms with Gasteiger partial charge >= 0.3 is 5.97 Å². The molecule has 110 valence electrons. The second-order valence-electron chi connectivity index (χ2n) is 4.44. The molecule has 0 radical (unpaired) electrons. The van der Waals surface area contributed by atoms with Gasteiger partial charge in [0, 0.05) is 6.54 Å². The number of aryl methyl sites for hydroxylation is 1. The third-order valence-electron chi connectivity index (χ3n) is 2.76. The molecule has 1 aromatic rings. The van der Waals surface area contributed by atoms with Crippen molar-refractivity contribution in [2.24, 2.45) is 0 Å². The molecule has 0 fully saturated rings. The molecule has 1 N–H and O–H groups in total. The average Bonchev–Trinajstić information content (AvgIpc) is 2.38. The first-order valence-corrected chi connectivity index (χ1v) is 7.07. The van der Waals surface area contributed by atoms with E-state index in [2.05, 4.69) is 15.9 Å². The first-order valence-electron chi connectivity index (χ1n) is 6.28. The molecular weight excluding hydrogens is 326 g/mol. The third kappa shape index (κ3) is 4.52. The molecule has 0 aliphatic rings. The van der Waals surface area contributed by atoms with E-state index in [0.29, 0.717) is 12.3 Å². The molecule has 0 aromatic heterocycles. The molecular formula is C14H18BrNO4. The maximum absolute atomic E-state index is 12.1. The van der Waals surface area contributed by atoms with Crippen molar-refractivity contribution < 1.29 is 19.4 Å². The Bertz CT molecular complexity index is 504. The summed E-state index contributed by atoms with van der Waals surface area (Å²) in [5.41, 5.74) is 1.07. The van der Waals surface area contributed by atoms with Crippen LogP contribution in [0.4, 0.5) is 0 Å². The molecule has 0 spiro atoms. The number of ether oxygens (including phenoxy) is 1. The monoisotopic (exact) mass is 343 g/mol. The van der Waals surface area contributed by atoms with Gasteiger partial charge in [-0.15, -0.1) is 0 Å². The fraction of sp³-hybridized carbons (Fsp3) is 0.429. The molecule has 6 heteroatoms. The summed E-state index contributed by atoms with van der Waals surface area (Å²) in [6.07, 6.45) is -0.742. The Hall–Kier alpha value is -1.56. The van der Waals surface area contributed by atoms with Crippen LogP contribution in [0.2, 0.25) is 0 Å². The second-order valence-corrected chi connectivity index (χ2v) is 5.29. The van der Waals surface area contributed by atoms with Gasteiger partial charge in [0.25, 0.3) is 5.91 Å². The van der Waals surface area contributed by atoms with Crippen LogP contribution in [-0.4, -0.2) is 41.1 Å². The number of carboxylic acid groups (broad SMARTS) is 1. The predicted molar refractivity (Wildman–Crippen MR) is 78.9 cm³/mol. The summed E-state index contributed by atoms with van der Waals surface area (Å²) in [6, 6.07) is 5.55. The molecule has 0 aliphatic heterocycles. The van der Waals surface area contributed by atoms with E-state index in [-0.39, 0.29) is 12.5 Å². The van der Waals surface area contributed by atoms with Gasteiger partial charge in [-0.1, -0.05) is 6.07 Å². The number of carbonyl (C=O) groups is 2. The highest BCUT2D eigenvalue weighted by molar-refractivity contribution is 9.10. The number of nitrogens with zero attached hydrogens (tertiary/aromatic N) is 1. The SMILES string of the molecule is CCN(CC(=O)O)C(=O)C(C)Oc1ccc(C)cc1Br. The number of aliphatic carboxylic acids is 1. The van der Waals surface area contributed by atoms with Crippen molar-refractivity contribution in [3.05, 3.63) is 28.2 Å². The summed E-state index contributed by atoms with van der Waals surface area (Å²) in [4.78, 5) is 24.1. The highest BCUT2D eigenvalue weighted by Crippen LogP contribution is 2.26. The standard InChI is InChI=1S/C14H18BrNO4/c1-4-16(8-13(17)18)14(19)10(3)20-12-6-5-9(2)7-11(12)15/h5-7,10H,4,8H2,1-3H3,(H,17,18). The van der Waals surface area contributed by atoms with Crippen LogP contribution < -0.4 is 4.74 Å². The summed E-state index contributed by atoms with van der Waals surface area (Å²) in [6.45, 7) is 5.30. The second kappa shape index (κ2) is 7.28. The number of halogens is 1. The van der Waals surface area contributed by atoms with Crippen LogP contribution in [0, 0.1) is 6.92 Å². The van der Waals surface area contributed by atoms with Gasteiger partial charge in [0.15, 0.2) is 6.10 Å². The van der Waals surface area contributed by atoms with E-state index in [1.54, 1.807) is 19.9 Å². The zero-order chi connectivity index (χ0) is 15.3. The summed E-state index contributed by atoms with van der Waals surface area (Å²) >= 11 is 3.38. The maximum Gasteiger partial charge on any atom is 0.323 e. The Balaban J connectivity index is 2.76. The molecule has 20 heavy (non-hydrogen) atoms. The van der Waals surface area contributed by atoms with Gasteiger partial charge < -0.3 is 14.7 Å². The molecule has 0 aliphatic carbocycles. The Morgan fingerprint density at radius 3 is 2.60 bits per heavy atom. The van der Waals surface area contributed by atoms with Crippen molar-refractivity contribution in [3.63, 3.8) is 0 Å². The third-order valence-corrected chi connectivity index (χ3v) is 3.38. The quantitative estimate of drug-likeness (QED) is 0.861. The van der Waals surface area contributed by atoms with Gasteiger partial charge in [-0.3, -0.25) is 9.59 Å². The van der Waals surface area contributed by atoms with Crippen LogP contribution in [-0.2, 0) is 9.59 Å². The lowest BCUT2D eigenvalue weighted by molar-refractivity contribution is -0.147. The number of rotatable bonds is 6.